The molecule has 4 heteroatoms. The van der Waals surface area contributed by atoms with E-state index in [1.54, 1.807) is 7.11 Å². The van der Waals surface area contributed by atoms with Crippen LogP contribution in [0.15, 0.2) is 42.5 Å². The predicted octanol–water partition coefficient (Wildman–Crippen LogP) is 3.85. The minimum atomic E-state index is 0.360. The molecule has 1 aliphatic heterocycles. The minimum Gasteiger partial charge on any atom is -0.493 e. The van der Waals surface area contributed by atoms with E-state index in [1.165, 1.54) is 17.5 Å². The summed E-state index contributed by atoms with van der Waals surface area (Å²) in [6, 6.07) is 14.4. The Morgan fingerprint density at radius 1 is 1.12 bits per heavy atom. The lowest BCUT2D eigenvalue weighted by molar-refractivity contribution is 0.110. The Morgan fingerprint density at radius 2 is 2.04 bits per heavy atom. The van der Waals surface area contributed by atoms with Crippen molar-refractivity contribution >= 4 is 0 Å². The maximum absolute atomic E-state index is 5.94. The number of aryl methyl sites for hydroxylation is 1. The van der Waals surface area contributed by atoms with Crippen LogP contribution in [0.25, 0.3) is 0 Å². The van der Waals surface area contributed by atoms with Crippen molar-refractivity contribution in [3.05, 3.63) is 59.2 Å². The van der Waals surface area contributed by atoms with Crippen molar-refractivity contribution in [3.63, 3.8) is 0 Å². The molecule has 0 aliphatic carbocycles. The van der Waals surface area contributed by atoms with Crippen molar-refractivity contribution in [1.82, 2.24) is 5.32 Å². The first-order valence-corrected chi connectivity index (χ1v) is 8.92. The summed E-state index contributed by atoms with van der Waals surface area (Å²) in [5, 5.41) is 3.46. The average Bonchev–Trinajstić information content (AvgIpc) is 3.14. The Hall–Kier alpha value is -2.04. The van der Waals surface area contributed by atoms with E-state index < -0.39 is 0 Å². The van der Waals surface area contributed by atoms with Gasteiger partial charge in [-0.3, -0.25) is 0 Å². The van der Waals surface area contributed by atoms with Crippen LogP contribution in [0.5, 0.6) is 11.5 Å². The van der Waals surface area contributed by atoms with Gasteiger partial charge < -0.3 is 19.5 Å². The molecule has 134 valence electrons. The summed E-state index contributed by atoms with van der Waals surface area (Å²) >= 11 is 0. The van der Waals surface area contributed by atoms with Crippen LogP contribution in [0.2, 0.25) is 0 Å². The Balaban J connectivity index is 1.55. The highest BCUT2D eigenvalue weighted by molar-refractivity contribution is 5.43. The SMILES string of the molecule is COc1cc(CNCC2CCCO2)ccc1OCc1cccc(C)c1. The smallest absolute Gasteiger partial charge is 0.161 e. The lowest BCUT2D eigenvalue weighted by Gasteiger charge is -2.14. The maximum atomic E-state index is 5.94. The normalized spacial score (nSPS) is 16.8. The largest absolute Gasteiger partial charge is 0.493 e. The molecule has 1 saturated heterocycles. The molecule has 4 nitrogen and oxygen atoms in total. The molecule has 25 heavy (non-hydrogen) atoms. The second-order valence-electron chi connectivity index (χ2n) is 6.53. The molecule has 0 saturated carbocycles. The molecule has 2 aromatic carbocycles. The lowest BCUT2D eigenvalue weighted by atomic mass is 10.1. The van der Waals surface area contributed by atoms with E-state index in [2.05, 4.69) is 36.5 Å². The van der Waals surface area contributed by atoms with Crippen LogP contribution in [-0.2, 0) is 17.9 Å². The summed E-state index contributed by atoms with van der Waals surface area (Å²) in [5.41, 5.74) is 3.57. The van der Waals surface area contributed by atoms with Crippen LogP contribution in [0.1, 0.15) is 29.5 Å². The van der Waals surface area contributed by atoms with E-state index >= 15 is 0 Å². The fraction of sp³-hybridized carbons (Fsp3) is 0.429. The van der Waals surface area contributed by atoms with Crippen LogP contribution in [-0.4, -0.2) is 26.4 Å². The van der Waals surface area contributed by atoms with Crippen molar-refractivity contribution in [2.75, 3.05) is 20.3 Å². The average molecular weight is 341 g/mol. The zero-order chi connectivity index (χ0) is 17.5. The van der Waals surface area contributed by atoms with Gasteiger partial charge in [-0.15, -0.1) is 0 Å². The fourth-order valence-electron chi connectivity index (χ4n) is 3.09. The molecule has 0 bridgehead atoms. The van der Waals surface area contributed by atoms with Crippen molar-refractivity contribution in [3.8, 4) is 11.5 Å². The first-order chi connectivity index (χ1) is 12.2. The predicted molar refractivity (Wildman–Crippen MR) is 99.2 cm³/mol. The first-order valence-electron chi connectivity index (χ1n) is 8.92. The number of hydrogen-bond donors (Lipinski definition) is 1. The third kappa shape index (κ3) is 5.21. The molecule has 1 atom stereocenters. The highest BCUT2D eigenvalue weighted by Crippen LogP contribution is 2.29. The Labute approximate surface area is 150 Å². The second kappa shape index (κ2) is 8.88. The molecule has 0 radical (unpaired) electrons. The monoisotopic (exact) mass is 341 g/mol. The minimum absolute atomic E-state index is 0.360. The number of methoxy groups -OCH3 is 1. The zero-order valence-electron chi connectivity index (χ0n) is 15.1. The molecule has 1 fully saturated rings. The number of benzene rings is 2. The van der Waals surface area contributed by atoms with Crippen molar-refractivity contribution in [2.24, 2.45) is 0 Å². The molecule has 2 aromatic rings. The van der Waals surface area contributed by atoms with Gasteiger partial charge in [0.05, 0.1) is 13.2 Å². The van der Waals surface area contributed by atoms with Crippen LogP contribution in [0.4, 0.5) is 0 Å². The molecule has 1 unspecified atom stereocenters. The molecule has 1 heterocycles. The Bertz CT molecular complexity index is 681. The van der Waals surface area contributed by atoms with Gasteiger partial charge in [0.15, 0.2) is 11.5 Å². The lowest BCUT2D eigenvalue weighted by Crippen LogP contribution is -2.25. The number of ether oxygens (including phenoxy) is 3. The van der Waals surface area contributed by atoms with Gasteiger partial charge in [-0.25, -0.2) is 0 Å². The van der Waals surface area contributed by atoms with E-state index in [0.29, 0.717) is 12.7 Å². The molecule has 1 aliphatic rings. The summed E-state index contributed by atoms with van der Waals surface area (Å²) in [4.78, 5) is 0. The van der Waals surface area contributed by atoms with Gasteiger partial charge >= 0.3 is 0 Å². The first kappa shape index (κ1) is 17.8. The third-order valence-corrected chi connectivity index (χ3v) is 4.43. The van der Waals surface area contributed by atoms with Crippen LogP contribution in [0.3, 0.4) is 0 Å². The summed E-state index contributed by atoms with van der Waals surface area (Å²) < 4.78 is 17.1. The van der Waals surface area contributed by atoms with E-state index in [4.69, 9.17) is 14.2 Å². The zero-order valence-corrected chi connectivity index (χ0v) is 15.1. The van der Waals surface area contributed by atoms with E-state index in [1.807, 2.05) is 18.2 Å². The molecule has 0 spiro atoms. The van der Waals surface area contributed by atoms with E-state index in [0.717, 1.165) is 43.2 Å². The van der Waals surface area contributed by atoms with Gasteiger partial charge in [-0.1, -0.05) is 35.9 Å². The van der Waals surface area contributed by atoms with Crippen molar-refractivity contribution in [1.29, 1.82) is 0 Å². The maximum Gasteiger partial charge on any atom is 0.161 e. The van der Waals surface area contributed by atoms with Gasteiger partial charge in [0.25, 0.3) is 0 Å². The number of nitrogens with one attached hydrogen (secondary N) is 1. The number of rotatable bonds is 8. The molecule has 0 amide bonds. The summed E-state index contributed by atoms with van der Waals surface area (Å²) in [6.45, 7) is 5.21. The summed E-state index contributed by atoms with van der Waals surface area (Å²) in [5.74, 6) is 1.54. The Morgan fingerprint density at radius 3 is 2.80 bits per heavy atom. The fourth-order valence-corrected chi connectivity index (χ4v) is 3.09. The molecular formula is C21H27NO3. The number of hydrogen-bond acceptors (Lipinski definition) is 4. The van der Waals surface area contributed by atoms with Gasteiger partial charge in [-0.2, -0.15) is 0 Å². The summed E-state index contributed by atoms with van der Waals surface area (Å²) in [6.07, 6.45) is 2.69. The van der Waals surface area contributed by atoms with Crippen LogP contribution >= 0.6 is 0 Å². The Kier molecular flexibility index (Phi) is 6.31. The topological polar surface area (TPSA) is 39.7 Å². The second-order valence-corrected chi connectivity index (χ2v) is 6.53. The van der Waals surface area contributed by atoms with Gasteiger partial charge in [0, 0.05) is 19.7 Å². The molecule has 0 aromatic heterocycles. The van der Waals surface area contributed by atoms with Crippen LogP contribution < -0.4 is 14.8 Å². The van der Waals surface area contributed by atoms with Crippen molar-refractivity contribution in [2.45, 2.75) is 39.0 Å². The van der Waals surface area contributed by atoms with Crippen molar-refractivity contribution < 1.29 is 14.2 Å². The van der Waals surface area contributed by atoms with Gasteiger partial charge in [-0.05, 0) is 43.0 Å². The summed E-state index contributed by atoms with van der Waals surface area (Å²) in [7, 11) is 1.68. The van der Waals surface area contributed by atoms with E-state index in [9.17, 15) is 0 Å². The highest BCUT2D eigenvalue weighted by atomic mass is 16.5. The van der Waals surface area contributed by atoms with Crippen LogP contribution in [0, 0.1) is 6.92 Å². The van der Waals surface area contributed by atoms with E-state index in [-0.39, 0.29) is 0 Å². The van der Waals surface area contributed by atoms with Gasteiger partial charge in [0.1, 0.15) is 6.61 Å². The molecular weight excluding hydrogens is 314 g/mol. The molecule has 3 rings (SSSR count). The quantitative estimate of drug-likeness (QED) is 0.792. The van der Waals surface area contributed by atoms with Gasteiger partial charge in [0.2, 0.25) is 0 Å². The third-order valence-electron chi connectivity index (χ3n) is 4.43. The molecule has 1 N–H and O–H groups in total. The standard InChI is InChI=1S/C21H27NO3/c1-16-5-3-6-18(11-16)15-25-20-9-8-17(12-21(20)23-2)13-22-14-19-7-4-10-24-19/h3,5-6,8-9,11-12,19,22H,4,7,10,13-15H2,1-2H3. The highest BCUT2D eigenvalue weighted by Gasteiger charge is 2.14.